The first-order valence-corrected chi connectivity index (χ1v) is 6.01. The van der Waals surface area contributed by atoms with Gasteiger partial charge in [0, 0.05) is 7.11 Å². The maximum Gasteiger partial charge on any atom is 3.00 e. The summed E-state index contributed by atoms with van der Waals surface area (Å²) >= 11 is 0. The number of aliphatic hydroxyl groups excluding tert-OH is 1. The van der Waals surface area contributed by atoms with Gasteiger partial charge in [0.25, 0.3) is 0 Å². The molecule has 1 aliphatic rings. The molecule has 0 heterocycles. The molecule has 19 heavy (non-hydrogen) atoms. The molecule has 0 saturated heterocycles. The molecule has 1 rings (SSSR count). The molecule has 0 aromatic rings. The zero-order valence-electron chi connectivity index (χ0n) is 13.3. The predicted molar refractivity (Wildman–Crippen MR) is 78.5 cm³/mol. The molecule has 0 bridgehead atoms. The smallest absolute Gasteiger partial charge is 0.545 e. The minimum atomic E-state index is 0. The van der Waals surface area contributed by atoms with Crippen LogP contribution in [-0.2, 0) is 29.7 Å². The predicted octanol–water partition coefficient (Wildman–Crippen LogP) is 3.08. The third kappa shape index (κ3) is 11.5. The fourth-order valence-corrected chi connectivity index (χ4v) is 2.85. The molecule has 3 nitrogen and oxygen atoms in total. The van der Waals surface area contributed by atoms with E-state index in [4.69, 9.17) is 14.7 Å². The maximum absolute atomic E-state index is 7.75. The zero-order valence-corrected chi connectivity index (χ0v) is 15.7. The van der Waals surface area contributed by atoms with E-state index in [1.165, 1.54) is 6.42 Å². The van der Waals surface area contributed by atoms with E-state index in [0.717, 1.165) is 36.7 Å². The van der Waals surface area contributed by atoms with Crippen LogP contribution in [0.1, 0.15) is 41.0 Å². The van der Waals surface area contributed by atoms with Crippen molar-refractivity contribution in [1.82, 2.24) is 0 Å². The van der Waals surface area contributed by atoms with Gasteiger partial charge in [0.2, 0.25) is 0 Å². The second-order valence-electron chi connectivity index (χ2n) is 4.71. The van der Waals surface area contributed by atoms with Crippen molar-refractivity contribution in [2.45, 2.75) is 41.0 Å². The van der Waals surface area contributed by atoms with Gasteiger partial charge < -0.3 is 22.1 Å². The maximum atomic E-state index is 7.75. The van der Waals surface area contributed by atoms with E-state index < -0.39 is 0 Å². The van der Waals surface area contributed by atoms with Crippen LogP contribution in [0.25, 0.3) is 0 Å². The van der Waals surface area contributed by atoms with Crippen LogP contribution < -0.4 is 0 Å². The van der Waals surface area contributed by atoms with Gasteiger partial charge in [0.15, 0.2) is 0 Å². The molecule has 0 amide bonds. The van der Waals surface area contributed by atoms with Gasteiger partial charge in [-0.3, -0.25) is 13.6 Å². The first-order valence-electron chi connectivity index (χ1n) is 6.01. The molecule has 118 valence electrons. The van der Waals surface area contributed by atoms with Gasteiger partial charge in [0.1, 0.15) is 0 Å². The van der Waals surface area contributed by atoms with E-state index in [-0.39, 0.29) is 27.5 Å². The van der Waals surface area contributed by atoms with Gasteiger partial charge in [-0.25, -0.2) is 0 Å². The van der Waals surface area contributed by atoms with Crippen molar-refractivity contribution in [2.24, 2.45) is 29.6 Å². The summed E-state index contributed by atoms with van der Waals surface area (Å²) in [5.41, 5.74) is 0. The van der Waals surface area contributed by atoms with Gasteiger partial charge in [-0.05, 0) is 29.6 Å². The molecule has 1 saturated carbocycles. The van der Waals surface area contributed by atoms with E-state index in [1.807, 2.05) is 0 Å². The fraction of sp³-hybridized carbons (Fsp3) is 0.800. The summed E-state index contributed by atoms with van der Waals surface area (Å²) in [5.74, 6) is 4.95. The Morgan fingerprint density at radius 1 is 0.895 bits per heavy atom. The van der Waals surface area contributed by atoms with Gasteiger partial charge in [-0.1, -0.05) is 41.0 Å². The molecule has 1 N–H and O–H groups in total. The fourth-order valence-electron chi connectivity index (χ4n) is 2.85. The molecule has 0 aromatic heterocycles. The van der Waals surface area contributed by atoms with Crippen molar-refractivity contribution in [3.8, 4) is 0 Å². The van der Waals surface area contributed by atoms with Crippen LogP contribution >= 0.6 is 0 Å². The Kier molecular flexibility index (Phi) is 33.5. The Morgan fingerprint density at radius 2 is 1.11 bits per heavy atom. The molecule has 0 radical (unpaired) electrons. The van der Waals surface area contributed by atoms with E-state index in [1.54, 1.807) is 0 Å². The topological polar surface area (TPSA) is 54.4 Å². The third-order valence-electron chi connectivity index (χ3n) is 3.30. The van der Waals surface area contributed by atoms with Gasteiger partial charge in [-0.2, -0.15) is 0 Å². The van der Waals surface area contributed by atoms with Gasteiger partial charge in [0.05, 0.1) is 0 Å². The third-order valence-corrected chi connectivity index (χ3v) is 3.30. The molecule has 1 aliphatic carbocycles. The van der Waals surface area contributed by atoms with Crippen LogP contribution in [0.4, 0.5) is 0 Å². The monoisotopic (exact) mass is 452 g/mol. The van der Waals surface area contributed by atoms with Gasteiger partial charge in [-0.15, -0.1) is 0 Å². The first-order chi connectivity index (χ1) is 8.09. The summed E-state index contributed by atoms with van der Waals surface area (Å²) in [6, 6.07) is 0. The normalized spacial score (nSPS) is 22.1. The van der Waals surface area contributed by atoms with Crippen molar-refractivity contribution in [1.29, 1.82) is 0 Å². The van der Waals surface area contributed by atoms with E-state index >= 15 is 0 Å². The molecule has 0 spiro atoms. The van der Waals surface area contributed by atoms with Gasteiger partial charge >= 0.3 is 20.1 Å². The van der Waals surface area contributed by atoms with Crippen LogP contribution in [0.2, 0.25) is 0 Å². The van der Waals surface area contributed by atoms with Crippen LogP contribution in [0.5, 0.6) is 0 Å². The minimum Gasteiger partial charge on any atom is -0.545 e. The number of aliphatic hydroxyl groups is 1. The summed E-state index contributed by atoms with van der Waals surface area (Å²) in [4.78, 5) is 15.5. The largest absolute Gasteiger partial charge is 3.00 e. The van der Waals surface area contributed by atoms with E-state index in [9.17, 15) is 0 Å². The molecule has 1 fully saturated rings. The van der Waals surface area contributed by atoms with E-state index in [2.05, 4.69) is 48.2 Å². The Morgan fingerprint density at radius 3 is 1.16 bits per heavy atom. The van der Waals surface area contributed by atoms with Crippen LogP contribution in [-0.4, -0.2) is 25.8 Å². The molecule has 4 heteroatoms. The number of hydrogen-bond acceptors (Lipinski definition) is 3. The summed E-state index contributed by atoms with van der Waals surface area (Å²) < 4.78 is 0. The van der Waals surface area contributed by atoms with Crippen LogP contribution in [0.3, 0.4) is 0 Å². The molecular formula is C15H31IrO3. The first kappa shape index (κ1) is 31.4. The number of carbonyl (C=O) groups excluding carboxylic acids is 2. The SMILES string of the molecule is CCC1C(C(C)C)C1C(C)C.CO.[CH-]=O.[CH-]=O.[CH3-].[Ir+3]. The second-order valence-corrected chi connectivity index (χ2v) is 4.71. The van der Waals surface area contributed by atoms with Crippen molar-refractivity contribution in [3.63, 3.8) is 0 Å². The molecule has 0 aliphatic heterocycles. The average molecular weight is 452 g/mol. The second kappa shape index (κ2) is 20.3. The van der Waals surface area contributed by atoms with Crippen LogP contribution in [0.15, 0.2) is 0 Å². The average Bonchev–Trinajstić information content (AvgIpc) is 3.11. The Bertz CT molecular complexity index is 147. The Labute approximate surface area is 133 Å². The zero-order chi connectivity index (χ0) is 14.6. The van der Waals surface area contributed by atoms with E-state index in [0.29, 0.717) is 0 Å². The minimum absolute atomic E-state index is 0. The molecule has 2 atom stereocenters. The Balaban J connectivity index is -0.0000000724. The summed E-state index contributed by atoms with van der Waals surface area (Å²) in [6.45, 7) is 18.3. The number of hydrogen-bond donors (Lipinski definition) is 1. The molecule has 2 unspecified atom stereocenters. The molecular weight excluding hydrogens is 420 g/mol. The van der Waals surface area contributed by atoms with Crippen molar-refractivity contribution >= 4 is 13.6 Å². The number of rotatable bonds is 3. The standard InChI is InChI=1S/C11H22.CH4O.2CHO.CH3.Ir/c1-6-9-10(7(2)3)11(9)8(4)5;3*1-2;;/h7-11H,6H2,1-5H3;2H,1H3;2*1H;1H3;/q;;3*-1;+3. The Hall–Kier alpha value is -0.0506. The van der Waals surface area contributed by atoms with Crippen molar-refractivity contribution in [2.75, 3.05) is 7.11 Å². The quantitative estimate of drug-likeness (QED) is 0.530. The van der Waals surface area contributed by atoms with Crippen molar-refractivity contribution < 1.29 is 34.8 Å². The van der Waals surface area contributed by atoms with Crippen LogP contribution in [0, 0.1) is 37.0 Å². The van der Waals surface area contributed by atoms with Crippen molar-refractivity contribution in [3.05, 3.63) is 7.43 Å². The summed E-state index contributed by atoms with van der Waals surface area (Å²) in [7, 11) is 1.00. The summed E-state index contributed by atoms with van der Waals surface area (Å²) in [5, 5.41) is 7.00. The molecule has 0 aromatic carbocycles. The summed E-state index contributed by atoms with van der Waals surface area (Å²) in [6.07, 6.45) is 1.39.